The monoisotopic (exact) mass is 1090 g/mol. The molecule has 1 aliphatic carbocycles. The lowest BCUT2D eigenvalue weighted by Gasteiger charge is -2.14. The van der Waals surface area contributed by atoms with E-state index in [0.717, 1.165) is 78.5 Å². The average Bonchev–Trinajstić information content (AvgIpc) is 2.33. The molecule has 0 unspecified atom stereocenters. The summed E-state index contributed by atoms with van der Waals surface area (Å²) in [7, 11) is 0. The third-order valence-electron chi connectivity index (χ3n) is 18.3. The van der Waals surface area contributed by atoms with Crippen molar-refractivity contribution < 1.29 is 0 Å². The quantitative estimate of drug-likeness (QED) is 0.160. The van der Waals surface area contributed by atoms with Gasteiger partial charge >= 0.3 is 0 Å². The number of hydrogen-bond donors (Lipinski definition) is 0. The van der Waals surface area contributed by atoms with Crippen molar-refractivity contribution >= 4 is 98.0 Å². The summed E-state index contributed by atoms with van der Waals surface area (Å²) < 4.78 is 9.60. The van der Waals surface area contributed by atoms with Gasteiger partial charge in [-0.2, -0.15) is 0 Å². The van der Waals surface area contributed by atoms with Crippen LogP contribution in [0.3, 0.4) is 0 Å². The molecular formula is C80H48N6. The Kier molecular flexibility index (Phi) is 9.80. The van der Waals surface area contributed by atoms with Crippen molar-refractivity contribution in [2.75, 3.05) is 0 Å². The van der Waals surface area contributed by atoms with Crippen molar-refractivity contribution in [2.24, 2.45) is 0 Å². The van der Waals surface area contributed by atoms with E-state index in [0.29, 0.717) is 5.82 Å². The van der Waals surface area contributed by atoms with E-state index in [-0.39, 0.29) is 0 Å². The van der Waals surface area contributed by atoms with Gasteiger partial charge in [0, 0.05) is 88.1 Å². The highest BCUT2D eigenvalue weighted by molar-refractivity contribution is 6.20. The van der Waals surface area contributed by atoms with Gasteiger partial charge in [0.05, 0.1) is 55.5 Å². The molecule has 0 aliphatic heterocycles. The SMILES string of the molecule is c1ccc(-n2c3ccccc3c3cc(-c4ccc5c(c4)c4ccccc4n5-c4ccc(-c5nc(-c6ccc(-n7c8ccccc8c8cc9c(cc87)c7ccccc7n9-c7ccccc7)cc6)nc6c5-c5cccc7cccc-6c57)cc4)ccc32)cc1. The van der Waals surface area contributed by atoms with Gasteiger partial charge in [0.1, 0.15) is 0 Å². The number of hydrogen-bond acceptors (Lipinski definition) is 2. The molecule has 13 aromatic carbocycles. The van der Waals surface area contributed by atoms with Crippen LogP contribution in [0, 0.1) is 0 Å². The molecule has 0 saturated heterocycles. The first-order valence-corrected chi connectivity index (χ1v) is 29.5. The van der Waals surface area contributed by atoms with Crippen LogP contribution < -0.4 is 0 Å². The van der Waals surface area contributed by atoms with E-state index in [1.54, 1.807) is 0 Å². The van der Waals surface area contributed by atoms with Gasteiger partial charge in [0.15, 0.2) is 5.82 Å². The molecule has 0 fully saturated rings. The summed E-state index contributed by atoms with van der Waals surface area (Å²) in [6.07, 6.45) is 0. The predicted octanol–water partition coefficient (Wildman–Crippen LogP) is 20.7. The fourth-order valence-electron chi connectivity index (χ4n) is 14.5. The lowest BCUT2D eigenvalue weighted by atomic mass is 9.99. The molecule has 6 heteroatoms. The summed E-state index contributed by atoms with van der Waals surface area (Å²) in [5, 5.41) is 12.2. The molecule has 0 bridgehead atoms. The molecule has 0 atom stereocenters. The van der Waals surface area contributed by atoms with Crippen LogP contribution in [-0.2, 0) is 0 Å². The van der Waals surface area contributed by atoms with Gasteiger partial charge in [0.2, 0.25) is 0 Å². The van der Waals surface area contributed by atoms with Gasteiger partial charge in [-0.05, 0) is 149 Å². The minimum atomic E-state index is 0.691. The molecule has 0 N–H and O–H groups in total. The normalized spacial score (nSPS) is 12.2. The summed E-state index contributed by atoms with van der Waals surface area (Å²) in [6, 6.07) is 106. The van der Waals surface area contributed by atoms with Crippen LogP contribution in [0.15, 0.2) is 291 Å². The average molecular weight is 1090 g/mol. The summed E-state index contributed by atoms with van der Waals surface area (Å²) >= 11 is 0. The zero-order chi connectivity index (χ0) is 56.1. The molecule has 86 heavy (non-hydrogen) atoms. The van der Waals surface area contributed by atoms with Gasteiger partial charge < -0.3 is 18.3 Å². The summed E-state index contributed by atoms with van der Waals surface area (Å²) in [4.78, 5) is 11.1. The third kappa shape index (κ3) is 6.72. The van der Waals surface area contributed by atoms with E-state index < -0.39 is 0 Å². The minimum absolute atomic E-state index is 0.691. The molecule has 0 spiro atoms. The van der Waals surface area contributed by atoms with Crippen LogP contribution >= 0.6 is 0 Å². The Bertz CT molecular complexity index is 5860. The van der Waals surface area contributed by atoms with Crippen LogP contribution in [0.5, 0.6) is 0 Å². The van der Waals surface area contributed by atoms with Crippen molar-refractivity contribution in [3.63, 3.8) is 0 Å². The molecule has 0 saturated carbocycles. The van der Waals surface area contributed by atoms with E-state index in [4.69, 9.17) is 9.97 Å². The Hall–Kier alpha value is -11.6. The van der Waals surface area contributed by atoms with Crippen molar-refractivity contribution in [1.82, 2.24) is 28.2 Å². The third-order valence-corrected chi connectivity index (χ3v) is 18.3. The zero-order valence-corrected chi connectivity index (χ0v) is 46.4. The molecule has 5 aromatic heterocycles. The molecule has 5 heterocycles. The van der Waals surface area contributed by atoms with Crippen molar-refractivity contribution in [2.45, 2.75) is 0 Å². The van der Waals surface area contributed by atoms with Crippen molar-refractivity contribution in [3.8, 4) is 78.9 Å². The Labute approximate surface area is 493 Å². The maximum atomic E-state index is 5.59. The van der Waals surface area contributed by atoms with Gasteiger partial charge in [-0.25, -0.2) is 9.97 Å². The maximum Gasteiger partial charge on any atom is 0.160 e. The standard InChI is InChI=1S/C80H48N6/c1-3-19-54(20-4-1)83-68-29-11-7-23-58(68)64-45-52(37-43-72(64)83)53-38-44-73-65(46-53)59-24-8-12-30-69(59)84(73)56-39-33-50(34-40-56)78-77-62-27-15-17-49-18-16-28-63(76(49)62)79(77)82-80(81-78)51-35-41-57(42-36-51)86-71-32-14-10-26-61(71)67-47-74-66(48-75(67)86)60-25-9-13-31-70(60)85(74)55-21-5-2-6-22-55/h1-48H. The van der Waals surface area contributed by atoms with Gasteiger partial charge in [-0.1, -0.05) is 170 Å². The molecule has 6 nitrogen and oxygen atoms in total. The van der Waals surface area contributed by atoms with Gasteiger partial charge in [-0.3, -0.25) is 0 Å². The lowest BCUT2D eigenvalue weighted by molar-refractivity contribution is 1.16. The molecule has 1 aliphatic rings. The number of rotatable bonds is 7. The highest BCUT2D eigenvalue weighted by Crippen LogP contribution is 2.51. The number of benzene rings is 13. The summed E-state index contributed by atoms with van der Waals surface area (Å²) in [5.41, 5.74) is 23.5. The van der Waals surface area contributed by atoms with Crippen molar-refractivity contribution in [3.05, 3.63) is 291 Å². The molecular weight excluding hydrogens is 1040 g/mol. The van der Waals surface area contributed by atoms with Crippen LogP contribution in [0.2, 0.25) is 0 Å². The largest absolute Gasteiger partial charge is 0.309 e. The van der Waals surface area contributed by atoms with Gasteiger partial charge in [0.25, 0.3) is 0 Å². The smallest absolute Gasteiger partial charge is 0.160 e. The van der Waals surface area contributed by atoms with E-state index in [9.17, 15) is 0 Å². The molecule has 0 radical (unpaired) electrons. The Morgan fingerprint density at radius 3 is 1.06 bits per heavy atom. The molecule has 398 valence electrons. The second-order valence-electron chi connectivity index (χ2n) is 22.9. The molecule has 0 amide bonds. The molecule has 19 rings (SSSR count). The van der Waals surface area contributed by atoms with Crippen LogP contribution in [0.25, 0.3) is 177 Å². The lowest BCUT2D eigenvalue weighted by Crippen LogP contribution is -1.99. The number of nitrogens with zero attached hydrogens (tertiary/aromatic N) is 6. The van der Waals surface area contributed by atoms with E-state index in [1.807, 2.05) is 0 Å². The number of para-hydroxylation sites is 6. The maximum absolute atomic E-state index is 5.59. The first-order valence-electron chi connectivity index (χ1n) is 29.5. The Morgan fingerprint density at radius 2 is 0.581 bits per heavy atom. The van der Waals surface area contributed by atoms with Crippen molar-refractivity contribution in [1.29, 1.82) is 0 Å². The van der Waals surface area contributed by atoms with E-state index >= 15 is 0 Å². The minimum Gasteiger partial charge on any atom is -0.309 e. The number of aromatic nitrogens is 6. The second-order valence-corrected chi connectivity index (χ2v) is 22.9. The summed E-state index contributed by atoms with van der Waals surface area (Å²) in [5.74, 6) is 0.691. The highest BCUT2D eigenvalue weighted by Gasteiger charge is 2.29. The van der Waals surface area contributed by atoms with Gasteiger partial charge in [-0.15, -0.1) is 0 Å². The Balaban J connectivity index is 0.723. The zero-order valence-electron chi connectivity index (χ0n) is 46.4. The first-order chi connectivity index (χ1) is 42.7. The first kappa shape index (κ1) is 46.9. The summed E-state index contributed by atoms with van der Waals surface area (Å²) in [6.45, 7) is 0. The van der Waals surface area contributed by atoms with Crippen LogP contribution in [0.4, 0.5) is 0 Å². The topological polar surface area (TPSA) is 45.5 Å². The fraction of sp³-hybridized carbons (Fsp3) is 0. The molecule has 18 aromatic rings. The Morgan fingerprint density at radius 1 is 0.221 bits per heavy atom. The van der Waals surface area contributed by atoms with E-state index in [1.165, 1.54) is 92.6 Å². The number of fused-ring (bicyclic) bond motifs is 15. The second kappa shape index (κ2) is 18.0. The van der Waals surface area contributed by atoms with Crippen LogP contribution in [-0.4, -0.2) is 28.2 Å². The van der Waals surface area contributed by atoms with E-state index in [2.05, 4.69) is 309 Å². The fourth-order valence-corrected chi connectivity index (χ4v) is 14.5. The highest BCUT2D eigenvalue weighted by atomic mass is 15.0. The van der Waals surface area contributed by atoms with Crippen LogP contribution in [0.1, 0.15) is 0 Å². The predicted molar refractivity (Wildman–Crippen MR) is 358 cm³/mol.